The van der Waals surface area contributed by atoms with E-state index in [0.29, 0.717) is 31.3 Å². The van der Waals surface area contributed by atoms with Gasteiger partial charge in [0, 0.05) is 16.9 Å². The van der Waals surface area contributed by atoms with E-state index in [9.17, 15) is 0 Å². The Hall–Kier alpha value is -1.24. The Labute approximate surface area is 119 Å². The fourth-order valence-electron chi connectivity index (χ4n) is 2.10. The topological polar surface area (TPSA) is 74.2 Å². The lowest BCUT2D eigenvalue weighted by atomic mass is 10.1. The van der Waals surface area contributed by atoms with Crippen molar-refractivity contribution in [2.45, 2.75) is 18.4 Å². The summed E-state index contributed by atoms with van der Waals surface area (Å²) in [5.41, 5.74) is 7.07. The van der Waals surface area contributed by atoms with Crippen LogP contribution in [0.1, 0.15) is 23.2 Å². The monoisotopic (exact) mass is 323 g/mol. The normalized spacial score (nSPS) is 22.8. The number of hydrogen-bond donors (Lipinski definition) is 1. The van der Waals surface area contributed by atoms with Crippen molar-refractivity contribution < 1.29 is 9.26 Å². The molecule has 0 bridgehead atoms. The first-order valence-corrected chi connectivity index (χ1v) is 6.92. The molecule has 6 heteroatoms. The first kappa shape index (κ1) is 12.8. The van der Waals surface area contributed by atoms with Gasteiger partial charge in [0.05, 0.1) is 19.1 Å². The van der Waals surface area contributed by atoms with Gasteiger partial charge in [0.1, 0.15) is 0 Å². The molecule has 3 rings (SSSR count). The van der Waals surface area contributed by atoms with Gasteiger partial charge in [-0.2, -0.15) is 4.98 Å². The third-order valence-corrected chi connectivity index (χ3v) is 3.73. The third-order valence-electron chi connectivity index (χ3n) is 3.20. The van der Waals surface area contributed by atoms with E-state index < -0.39 is 0 Å². The van der Waals surface area contributed by atoms with Crippen LogP contribution in [0.5, 0.6) is 0 Å². The molecule has 0 radical (unpaired) electrons. The largest absolute Gasteiger partial charge is 0.379 e. The Morgan fingerprint density at radius 2 is 2.05 bits per heavy atom. The van der Waals surface area contributed by atoms with Crippen molar-refractivity contribution in [3.05, 3.63) is 46.0 Å². The minimum atomic E-state index is -0.0546. The molecular formula is C13H14BrN3O2. The molecule has 0 aliphatic carbocycles. The van der Waals surface area contributed by atoms with Crippen LogP contribution in [0.4, 0.5) is 0 Å². The molecule has 100 valence electrons. The fraction of sp³-hybridized carbons (Fsp3) is 0.385. The van der Waals surface area contributed by atoms with Crippen LogP contribution < -0.4 is 5.73 Å². The van der Waals surface area contributed by atoms with Crippen molar-refractivity contribution >= 4 is 15.9 Å². The Kier molecular flexibility index (Phi) is 3.63. The summed E-state index contributed by atoms with van der Waals surface area (Å²) in [4.78, 5) is 4.41. The highest BCUT2D eigenvalue weighted by molar-refractivity contribution is 9.10. The molecule has 5 nitrogen and oxygen atoms in total. The van der Waals surface area contributed by atoms with Gasteiger partial charge < -0.3 is 15.0 Å². The average Bonchev–Trinajstić information content (AvgIpc) is 3.01. The van der Waals surface area contributed by atoms with Crippen LogP contribution in [0.15, 0.2) is 33.3 Å². The second-order valence-electron chi connectivity index (χ2n) is 4.66. The maximum Gasteiger partial charge on any atom is 0.233 e. The quantitative estimate of drug-likeness (QED) is 0.933. The molecule has 0 saturated carbocycles. The van der Waals surface area contributed by atoms with Crippen LogP contribution in [0.25, 0.3) is 0 Å². The van der Waals surface area contributed by atoms with Gasteiger partial charge in [-0.1, -0.05) is 33.2 Å². The number of ether oxygens (including phenoxy) is 1. The lowest BCUT2D eigenvalue weighted by molar-refractivity contribution is 0.187. The van der Waals surface area contributed by atoms with Gasteiger partial charge in [-0.25, -0.2) is 0 Å². The number of aromatic nitrogens is 2. The van der Waals surface area contributed by atoms with Crippen molar-refractivity contribution in [3.63, 3.8) is 0 Å². The molecule has 1 saturated heterocycles. The minimum absolute atomic E-state index is 0.0196. The van der Waals surface area contributed by atoms with Crippen LogP contribution in [0, 0.1) is 0 Å². The van der Waals surface area contributed by atoms with Gasteiger partial charge >= 0.3 is 0 Å². The molecule has 1 fully saturated rings. The lowest BCUT2D eigenvalue weighted by Crippen LogP contribution is -2.27. The second kappa shape index (κ2) is 5.40. The molecule has 0 spiro atoms. The van der Waals surface area contributed by atoms with Crippen LogP contribution >= 0.6 is 15.9 Å². The molecule has 1 aromatic heterocycles. The van der Waals surface area contributed by atoms with Crippen LogP contribution in [-0.4, -0.2) is 29.4 Å². The maximum atomic E-state index is 5.93. The zero-order valence-corrected chi connectivity index (χ0v) is 11.8. The molecule has 2 aromatic rings. The molecule has 2 heterocycles. The van der Waals surface area contributed by atoms with Crippen molar-refractivity contribution in [1.82, 2.24) is 10.1 Å². The summed E-state index contributed by atoms with van der Waals surface area (Å²) in [7, 11) is 0. The Balaban J connectivity index is 1.72. The van der Waals surface area contributed by atoms with Crippen LogP contribution in [-0.2, 0) is 11.2 Å². The summed E-state index contributed by atoms with van der Waals surface area (Å²) in [6.45, 7) is 1.11. The van der Waals surface area contributed by atoms with Crippen molar-refractivity contribution in [1.29, 1.82) is 0 Å². The predicted octanol–water partition coefficient (Wildman–Crippen LogP) is 1.86. The summed E-state index contributed by atoms with van der Waals surface area (Å²) in [5, 5.41) is 4.00. The zero-order chi connectivity index (χ0) is 13.2. The Bertz CT molecular complexity index is 555. The average molecular weight is 324 g/mol. The molecule has 2 atom stereocenters. The molecule has 1 aliphatic heterocycles. The number of benzene rings is 1. The van der Waals surface area contributed by atoms with Crippen molar-refractivity contribution in [2.75, 3.05) is 13.2 Å². The van der Waals surface area contributed by atoms with Crippen molar-refractivity contribution in [2.24, 2.45) is 5.73 Å². The Morgan fingerprint density at radius 1 is 1.26 bits per heavy atom. The van der Waals surface area contributed by atoms with E-state index in [1.54, 1.807) is 0 Å². The van der Waals surface area contributed by atoms with E-state index >= 15 is 0 Å². The number of nitrogens with two attached hydrogens (primary N) is 1. The number of halogens is 1. The van der Waals surface area contributed by atoms with Crippen molar-refractivity contribution in [3.8, 4) is 0 Å². The highest BCUT2D eigenvalue weighted by Crippen LogP contribution is 2.23. The smallest absolute Gasteiger partial charge is 0.233 e. The predicted molar refractivity (Wildman–Crippen MR) is 72.8 cm³/mol. The van der Waals surface area contributed by atoms with Crippen LogP contribution in [0.3, 0.4) is 0 Å². The lowest BCUT2D eigenvalue weighted by Gasteiger charge is -2.06. The first-order chi connectivity index (χ1) is 9.22. The fourth-order valence-corrected chi connectivity index (χ4v) is 2.36. The molecule has 2 unspecified atom stereocenters. The molecule has 2 N–H and O–H groups in total. The summed E-state index contributed by atoms with van der Waals surface area (Å²) in [6.07, 6.45) is 0.652. The van der Waals surface area contributed by atoms with E-state index in [1.807, 2.05) is 24.3 Å². The third kappa shape index (κ3) is 2.86. The molecule has 0 amide bonds. The molecule has 19 heavy (non-hydrogen) atoms. The molecular weight excluding hydrogens is 310 g/mol. The SMILES string of the molecule is NC1COCC1c1nc(Cc2ccc(Br)cc2)no1. The summed E-state index contributed by atoms with van der Waals surface area (Å²) in [5.74, 6) is 1.28. The Morgan fingerprint density at radius 3 is 2.74 bits per heavy atom. The summed E-state index contributed by atoms with van der Waals surface area (Å²) >= 11 is 3.41. The van der Waals surface area contributed by atoms with Gasteiger partial charge in [-0.15, -0.1) is 0 Å². The first-order valence-electron chi connectivity index (χ1n) is 6.12. The second-order valence-corrected chi connectivity index (χ2v) is 5.58. The standard InChI is InChI=1S/C13H14BrN3O2/c14-9-3-1-8(2-4-9)5-12-16-13(19-17-12)10-6-18-7-11(10)15/h1-4,10-11H,5-7,15H2. The number of nitrogens with zero attached hydrogens (tertiary/aromatic N) is 2. The van der Waals surface area contributed by atoms with Gasteiger partial charge in [0.25, 0.3) is 0 Å². The number of rotatable bonds is 3. The van der Waals surface area contributed by atoms with Gasteiger partial charge in [0.2, 0.25) is 5.89 Å². The number of hydrogen-bond acceptors (Lipinski definition) is 5. The molecule has 1 aromatic carbocycles. The highest BCUT2D eigenvalue weighted by Gasteiger charge is 2.31. The van der Waals surface area contributed by atoms with Gasteiger partial charge in [-0.3, -0.25) is 0 Å². The molecule has 1 aliphatic rings. The van der Waals surface area contributed by atoms with E-state index in [-0.39, 0.29) is 12.0 Å². The van der Waals surface area contributed by atoms with E-state index in [0.717, 1.165) is 10.0 Å². The summed E-state index contributed by atoms with van der Waals surface area (Å²) in [6, 6.07) is 8.00. The highest BCUT2D eigenvalue weighted by atomic mass is 79.9. The van der Waals surface area contributed by atoms with E-state index in [1.165, 1.54) is 0 Å². The van der Waals surface area contributed by atoms with Gasteiger partial charge in [-0.05, 0) is 17.7 Å². The summed E-state index contributed by atoms with van der Waals surface area (Å²) < 4.78 is 11.6. The van der Waals surface area contributed by atoms with Crippen LogP contribution in [0.2, 0.25) is 0 Å². The van der Waals surface area contributed by atoms with E-state index in [4.69, 9.17) is 15.0 Å². The maximum absolute atomic E-state index is 5.93. The van der Waals surface area contributed by atoms with E-state index in [2.05, 4.69) is 26.1 Å². The minimum Gasteiger partial charge on any atom is -0.379 e. The zero-order valence-electron chi connectivity index (χ0n) is 10.3. The van der Waals surface area contributed by atoms with Gasteiger partial charge in [0.15, 0.2) is 5.82 Å².